The molecule has 29 heavy (non-hydrogen) atoms. The van der Waals surface area contributed by atoms with Crippen molar-refractivity contribution in [3.8, 4) is 0 Å². The Labute approximate surface area is 174 Å². The molecule has 152 valence electrons. The Bertz CT molecular complexity index is 912. The number of fused-ring (bicyclic) bond motifs is 1. The van der Waals surface area contributed by atoms with Crippen molar-refractivity contribution in [1.29, 1.82) is 0 Å². The SMILES string of the molecule is CC[C@@H](NC(=O)COC(=O)c1ccc2c(c1)NC(=O)CCS2)c1ccc(C)cc1. The van der Waals surface area contributed by atoms with E-state index in [9.17, 15) is 14.4 Å². The number of esters is 1. The minimum absolute atomic E-state index is 0.0807. The van der Waals surface area contributed by atoms with Gasteiger partial charge in [-0.2, -0.15) is 0 Å². The molecule has 1 aliphatic heterocycles. The van der Waals surface area contributed by atoms with Crippen molar-refractivity contribution < 1.29 is 19.1 Å². The molecule has 0 spiro atoms. The Morgan fingerprint density at radius 2 is 1.97 bits per heavy atom. The van der Waals surface area contributed by atoms with Crippen molar-refractivity contribution in [1.82, 2.24) is 5.32 Å². The number of hydrogen-bond acceptors (Lipinski definition) is 5. The molecule has 0 radical (unpaired) electrons. The van der Waals surface area contributed by atoms with Gasteiger partial charge < -0.3 is 15.4 Å². The monoisotopic (exact) mass is 412 g/mol. The number of benzene rings is 2. The van der Waals surface area contributed by atoms with Gasteiger partial charge in [-0.15, -0.1) is 11.8 Å². The Morgan fingerprint density at radius 1 is 1.21 bits per heavy atom. The summed E-state index contributed by atoms with van der Waals surface area (Å²) in [6.45, 7) is 3.63. The van der Waals surface area contributed by atoms with E-state index in [-0.39, 0.29) is 24.5 Å². The number of carbonyl (C=O) groups excluding carboxylic acids is 3. The minimum Gasteiger partial charge on any atom is -0.452 e. The maximum Gasteiger partial charge on any atom is 0.338 e. The summed E-state index contributed by atoms with van der Waals surface area (Å²) < 4.78 is 5.17. The summed E-state index contributed by atoms with van der Waals surface area (Å²) >= 11 is 1.56. The molecule has 0 fully saturated rings. The van der Waals surface area contributed by atoms with E-state index in [0.29, 0.717) is 23.4 Å². The molecule has 3 rings (SSSR count). The van der Waals surface area contributed by atoms with Gasteiger partial charge >= 0.3 is 5.97 Å². The second kappa shape index (κ2) is 9.60. The predicted molar refractivity (Wildman–Crippen MR) is 113 cm³/mol. The van der Waals surface area contributed by atoms with Gasteiger partial charge in [-0.05, 0) is 37.1 Å². The van der Waals surface area contributed by atoms with Crippen LogP contribution in [0.15, 0.2) is 47.4 Å². The lowest BCUT2D eigenvalue weighted by Crippen LogP contribution is -2.32. The van der Waals surface area contributed by atoms with Crippen molar-refractivity contribution in [2.24, 2.45) is 0 Å². The quantitative estimate of drug-likeness (QED) is 0.704. The molecular formula is C22H24N2O4S. The fraction of sp³-hybridized carbons (Fsp3) is 0.318. The first-order valence-corrected chi connectivity index (χ1v) is 10.5. The maximum absolute atomic E-state index is 12.3. The van der Waals surface area contributed by atoms with Gasteiger partial charge in [-0.3, -0.25) is 9.59 Å². The number of carbonyl (C=O) groups is 3. The summed E-state index contributed by atoms with van der Waals surface area (Å²) in [5.41, 5.74) is 3.06. The number of anilines is 1. The first-order chi connectivity index (χ1) is 14.0. The van der Waals surface area contributed by atoms with Crippen molar-refractivity contribution >= 4 is 35.2 Å². The average Bonchev–Trinajstić information content (AvgIpc) is 2.90. The molecular weight excluding hydrogens is 388 g/mol. The Kier molecular flexibility index (Phi) is 6.93. The third-order valence-electron chi connectivity index (χ3n) is 4.63. The molecule has 7 heteroatoms. The van der Waals surface area contributed by atoms with Gasteiger partial charge in [0.2, 0.25) is 5.91 Å². The van der Waals surface area contributed by atoms with Crippen LogP contribution in [-0.4, -0.2) is 30.1 Å². The molecule has 1 heterocycles. The summed E-state index contributed by atoms with van der Waals surface area (Å²) in [4.78, 5) is 37.2. The van der Waals surface area contributed by atoms with Gasteiger partial charge in [0, 0.05) is 17.1 Å². The maximum atomic E-state index is 12.3. The summed E-state index contributed by atoms with van der Waals surface area (Å²) in [6, 6.07) is 12.8. The summed E-state index contributed by atoms with van der Waals surface area (Å²) in [5, 5.41) is 5.69. The normalized spacial score (nSPS) is 14.2. The van der Waals surface area contributed by atoms with Crippen LogP contribution in [0.3, 0.4) is 0 Å². The average molecular weight is 413 g/mol. The lowest BCUT2D eigenvalue weighted by atomic mass is 10.0. The smallest absolute Gasteiger partial charge is 0.338 e. The molecule has 1 aliphatic rings. The molecule has 2 aromatic carbocycles. The van der Waals surface area contributed by atoms with Crippen LogP contribution in [0.25, 0.3) is 0 Å². The highest BCUT2D eigenvalue weighted by Gasteiger charge is 2.18. The number of rotatable bonds is 6. The minimum atomic E-state index is -0.602. The van der Waals surface area contributed by atoms with Gasteiger partial charge in [0.05, 0.1) is 17.3 Å². The Hall–Kier alpha value is -2.80. The lowest BCUT2D eigenvalue weighted by molar-refractivity contribution is -0.125. The topological polar surface area (TPSA) is 84.5 Å². The first kappa shape index (κ1) is 20.9. The number of ether oxygens (including phenoxy) is 1. The fourth-order valence-corrected chi connectivity index (χ4v) is 3.95. The van der Waals surface area contributed by atoms with Crippen molar-refractivity contribution in [3.05, 3.63) is 59.2 Å². The third kappa shape index (κ3) is 5.60. The van der Waals surface area contributed by atoms with Crippen molar-refractivity contribution in [3.63, 3.8) is 0 Å². The first-order valence-electron chi connectivity index (χ1n) is 9.56. The van der Waals surface area contributed by atoms with Crippen LogP contribution in [0.4, 0.5) is 5.69 Å². The molecule has 2 N–H and O–H groups in total. The molecule has 2 aromatic rings. The highest BCUT2D eigenvalue weighted by atomic mass is 32.2. The largest absolute Gasteiger partial charge is 0.452 e. The fourth-order valence-electron chi connectivity index (χ4n) is 3.02. The van der Waals surface area contributed by atoms with E-state index >= 15 is 0 Å². The summed E-state index contributed by atoms with van der Waals surface area (Å²) in [6.07, 6.45) is 1.16. The van der Waals surface area contributed by atoms with E-state index in [0.717, 1.165) is 22.4 Å². The van der Waals surface area contributed by atoms with E-state index in [1.807, 2.05) is 38.1 Å². The third-order valence-corrected chi connectivity index (χ3v) is 5.71. The van der Waals surface area contributed by atoms with Gasteiger partial charge in [-0.25, -0.2) is 4.79 Å². The molecule has 0 unspecified atom stereocenters. The molecule has 1 atom stereocenters. The van der Waals surface area contributed by atoms with Crippen LogP contribution in [0, 0.1) is 6.92 Å². The van der Waals surface area contributed by atoms with Crippen LogP contribution >= 0.6 is 11.8 Å². The Morgan fingerprint density at radius 3 is 2.69 bits per heavy atom. The number of amides is 2. The zero-order valence-electron chi connectivity index (χ0n) is 16.5. The van der Waals surface area contributed by atoms with Crippen LogP contribution in [0.1, 0.15) is 47.3 Å². The van der Waals surface area contributed by atoms with E-state index in [4.69, 9.17) is 4.74 Å². The molecule has 0 aromatic heterocycles. The highest BCUT2D eigenvalue weighted by Crippen LogP contribution is 2.31. The Balaban J connectivity index is 1.58. The summed E-state index contributed by atoms with van der Waals surface area (Å²) in [7, 11) is 0. The van der Waals surface area contributed by atoms with Crippen molar-refractivity contribution in [2.75, 3.05) is 17.7 Å². The number of thioether (sulfide) groups is 1. The van der Waals surface area contributed by atoms with Crippen LogP contribution in [0.5, 0.6) is 0 Å². The molecule has 2 amide bonds. The predicted octanol–water partition coefficient (Wildman–Crippen LogP) is 3.85. The summed E-state index contributed by atoms with van der Waals surface area (Å²) in [5.74, 6) is -0.343. The van der Waals surface area contributed by atoms with Crippen LogP contribution in [-0.2, 0) is 14.3 Å². The highest BCUT2D eigenvalue weighted by molar-refractivity contribution is 7.99. The van der Waals surface area contributed by atoms with Gasteiger partial charge in [0.1, 0.15) is 0 Å². The molecule has 0 saturated heterocycles. The van der Waals surface area contributed by atoms with E-state index < -0.39 is 5.97 Å². The molecule has 0 saturated carbocycles. The van der Waals surface area contributed by atoms with Crippen LogP contribution in [0.2, 0.25) is 0 Å². The second-order valence-electron chi connectivity index (χ2n) is 6.87. The molecule has 6 nitrogen and oxygen atoms in total. The zero-order valence-corrected chi connectivity index (χ0v) is 17.3. The number of hydrogen-bond donors (Lipinski definition) is 2. The van der Waals surface area contributed by atoms with Gasteiger partial charge in [0.25, 0.3) is 5.91 Å². The molecule has 0 aliphatic carbocycles. The van der Waals surface area contributed by atoms with Crippen molar-refractivity contribution in [2.45, 2.75) is 37.6 Å². The standard InChI is InChI=1S/C22H24N2O4S/c1-3-17(15-6-4-14(2)5-7-15)23-21(26)13-28-22(27)16-8-9-19-18(12-16)24-20(25)10-11-29-19/h4-9,12,17H,3,10-11,13H2,1-2H3,(H,23,26)(H,24,25)/t17-/m1/s1. The molecule has 0 bridgehead atoms. The lowest BCUT2D eigenvalue weighted by Gasteiger charge is -2.17. The van der Waals surface area contributed by atoms with E-state index in [2.05, 4.69) is 10.6 Å². The van der Waals surface area contributed by atoms with Gasteiger partial charge in [0.15, 0.2) is 6.61 Å². The number of aryl methyl sites for hydroxylation is 1. The van der Waals surface area contributed by atoms with Crippen LogP contribution < -0.4 is 10.6 Å². The van der Waals surface area contributed by atoms with E-state index in [1.165, 1.54) is 0 Å². The van der Waals surface area contributed by atoms with Gasteiger partial charge in [-0.1, -0.05) is 36.8 Å². The zero-order chi connectivity index (χ0) is 20.8. The van der Waals surface area contributed by atoms with E-state index in [1.54, 1.807) is 30.0 Å². The second-order valence-corrected chi connectivity index (χ2v) is 8.01. The number of nitrogens with one attached hydrogen (secondary N) is 2.